The summed E-state index contributed by atoms with van der Waals surface area (Å²) in [5, 5.41) is 9.29. The third-order valence-corrected chi connectivity index (χ3v) is 6.35. The van der Waals surface area contributed by atoms with E-state index in [9.17, 15) is 4.79 Å². The van der Waals surface area contributed by atoms with Gasteiger partial charge in [0.05, 0.1) is 30.1 Å². The lowest BCUT2D eigenvalue weighted by atomic mass is 9.91. The minimum atomic E-state index is -0.387. The highest BCUT2D eigenvalue weighted by atomic mass is 19.1. The molecule has 1 saturated carbocycles. The Morgan fingerprint density at radius 3 is 2.69 bits per heavy atom. The molecule has 1 aliphatic carbocycles. The second-order valence-electron chi connectivity index (χ2n) is 8.20. The van der Waals surface area contributed by atoms with Crippen molar-refractivity contribution in [2.45, 2.75) is 44.8 Å². The van der Waals surface area contributed by atoms with Gasteiger partial charge >= 0.3 is 0 Å². The Morgan fingerprint density at radius 2 is 1.97 bits per heavy atom. The van der Waals surface area contributed by atoms with Crippen LogP contribution in [0.15, 0.2) is 24.7 Å². The van der Waals surface area contributed by atoms with Gasteiger partial charge in [0, 0.05) is 20.1 Å². The number of carbonyl (C=O) groups is 1. The van der Waals surface area contributed by atoms with E-state index < -0.39 is 0 Å². The van der Waals surface area contributed by atoms with Gasteiger partial charge in [-0.1, -0.05) is 6.07 Å². The second-order valence-corrected chi connectivity index (χ2v) is 8.20. The van der Waals surface area contributed by atoms with E-state index in [0.717, 1.165) is 25.7 Å². The van der Waals surface area contributed by atoms with Crippen LogP contribution >= 0.6 is 0 Å². The first kappa shape index (κ1) is 20.5. The van der Waals surface area contributed by atoms with Crippen molar-refractivity contribution in [2.24, 2.45) is 0 Å². The summed E-state index contributed by atoms with van der Waals surface area (Å²) in [6, 6.07) is 3.65. The van der Waals surface area contributed by atoms with Gasteiger partial charge in [-0.25, -0.2) is 19.3 Å². The predicted octanol–water partition coefficient (Wildman–Crippen LogP) is 3.34. The number of aromatic nitrogens is 5. The molecule has 0 unspecified atom stereocenters. The van der Waals surface area contributed by atoms with E-state index in [1.807, 2.05) is 11.0 Å². The molecular weight excluding hydrogens is 413 g/mol. The van der Waals surface area contributed by atoms with Crippen molar-refractivity contribution in [2.75, 3.05) is 23.9 Å². The predicted molar refractivity (Wildman–Crippen MR) is 119 cm³/mol. The molecule has 1 amide bonds. The molecule has 1 aliphatic heterocycles. The zero-order valence-electron chi connectivity index (χ0n) is 17.9. The van der Waals surface area contributed by atoms with Crippen LogP contribution in [0.3, 0.4) is 0 Å². The first-order valence-electron chi connectivity index (χ1n) is 10.7. The zero-order valence-corrected chi connectivity index (χ0v) is 17.9. The van der Waals surface area contributed by atoms with Crippen molar-refractivity contribution in [3.05, 3.63) is 36.0 Å². The van der Waals surface area contributed by atoms with Crippen LogP contribution in [-0.4, -0.2) is 56.9 Å². The lowest BCUT2D eigenvalue weighted by molar-refractivity contribution is -0.115. The molecular formula is C22H26FN7O2. The second kappa shape index (κ2) is 8.27. The summed E-state index contributed by atoms with van der Waals surface area (Å²) in [6.07, 6.45) is 6.88. The maximum absolute atomic E-state index is 15.1. The van der Waals surface area contributed by atoms with Crippen LogP contribution in [0.4, 0.5) is 16.0 Å². The third kappa shape index (κ3) is 3.60. The van der Waals surface area contributed by atoms with E-state index in [1.165, 1.54) is 6.33 Å². The Morgan fingerprint density at radius 1 is 1.19 bits per heavy atom. The van der Waals surface area contributed by atoms with Crippen LogP contribution in [0.2, 0.25) is 0 Å². The Labute approximate surface area is 185 Å². The molecule has 0 radical (unpaired) electrons. The standard InChI is InChI=1S/C22H24FN7O2.H2/c1-12-15(7-8-16(19(12)23)20-25-11-26-29-20)17-9-24-21-22(27-17)30(10-18(31)28-21)13-3-5-14(32-2)6-4-13;/h7-9,11,13-14H,3-6,10H2,1-2H3,(H,24,28,31)(H,25,26,29);1H. The van der Waals surface area contributed by atoms with Gasteiger partial charge in [0.2, 0.25) is 5.91 Å². The quantitative estimate of drug-likeness (QED) is 0.642. The number of methoxy groups -OCH3 is 1. The van der Waals surface area contributed by atoms with Crippen LogP contribution < -0.4 is 10.2 Å². The minimum absolute atomic E-state index is 0. The topological polar surface area (TPSA) is 109 Å². The number of ether oxygens (including phenoxy) is 1. The molecule has 2 aromatic heterocycles. The van der Waals surface area contributed by atoms with Crippen molar-refractivity contribution >= 4 is 17.5 Å². The van der Waals surface area contributed by atoms with Crippen LogP contribution in [-0.2, 0) is 9.53 Å². The molecule has 2 aliphatic rings. The Balaban J connectivity index is 0.00000259. The molecule has 32 heavy (non-hydrogen) atoms. The van der Waals surface area contributed by atoms with Crippen LogP contribution in [0.5, 0.6) is 0 Å². The van der Waals surface area contributed by atoms with Gasteiger partial charge in [0.1, 0.15) is 12.1 Å². The van der Waals surface area contributed by atoms with Crippen LogP contribution in [0.25, 0.3) is 22.6 Å². The fourth-order valence-corrected chi connectivity index (χ4v) is 4.57. The van der Waals surface area contributed by atoms with Crippen molar-refractivity contribution in [1.82, 2.24) is 25.1 Å². The summed E-state index contributed by atoms with van der Waals surface area (Å²) in [5.74, 6) is 0.945. The number of nitrogens with one attached hydrogen (secondary N) is 2. The van der Waals surface area contributed by atoms with Gasteiger partial charge in [-0.05, 0) is 44.2 Å². The Hall–Kier alpha value is -3.40. The van der Waals surface area contributed by atoms with Crippen LogP contribution in [0.1, 0.15) is 32.7 Å². The number of hydrogen-bond donors (Lipinski definition) is 2. The number of carbonyl (C=O) groups excluding carboxylic acids is 1. The van der Waals surface area contributed by atoms with Gasteiger partial charge in [-0.15, -0.1) is 0 Å². The summed E-state index contributed by atoms with van der Waals surface area (Å²) in [5.41, 5.74) is 1.98. The molecule has 10 heteroatoms. The number of amides is 1. The van der Waals surface area contributed by atoms with Crippen molar-refractivity contribution in [3.8, 4) is 22.6 Å². The van der Waals surface area contributed by atoms with E-state index in [0.29, 0.717) is 39.8 Å². The average molecular weight is 439 g/mol. The first-order chi connectivity index (χ1) is 15.5. The van der Waals surface area contributed by atoms with Gasteiger partial charge in [0.15, 0.2) is 17.5 Å². The highest BCUT2D eigenvalue weighted by Crippen LogP contribution is 2.36. The number of anilines is 2. The fraction of sp³-hybridized carbons (Fsp3) is 0.409. The molecule has 0 bridgehead atoms. The van der Waals surface area contributed by atoms with E-state index >= 15 is 4.39 Å². The molecule has 9 nitrogen and oxygen atoms in total. The molecule has 2 N–H and O–H groups in total. The van der Waals surface area contributed by atoms with Gasteiger partial charge in [0.25, 0.3) is 0 Å². The average Bonchev–Trinajstić information content (AvgIpc) is 3.35. The summed E-state index contributed by atoms with van der Waals surface area (Å²) in [4.78, 5) is 27.6. The highest BCUT2D eigenvalue weighted by Gasteiger charge is 2.33. The number of benzene rings is 1. The van der Waals surface area contributed by atoms with Gasteiger partial charge in [-0.3, -0.25) is 9.89 Å². The molecule has 1 aromatic carbocycles. The number of nitrogens with zero attached hydrogens (tertiary/aromatic N) is 5. The summed E-state index contributed by atoms with van der Waals surface area (Å²) in [7, 11) is 1.74. The molecule has 0 spiro atoms. The largest absolute Gasteiger partial charge is 0.381 e. The smallest absolute Gasteiger partial charge is 0.245 e. The Kier molecular flexibility index (Phi) is 5.30. The van der Waals surface area contributed by atoms with Crippen LogP contribution in [0, 0.1) is 12.7 Å². The SMILES string of the molecule is COC1CCC(N2CC(=O)Nc3ncc(-c4ccc(-c5ncn[nH]5)c(F)c4C)nc32)CC1.[HH]. The van der Waals surface area contributed by atoms with E-state index in [1.54, 1.807) is 26.3 Å². The number of aromatic amines is 1. The Bertz CT molecular complexity index is 1150. The van der Waals surface area contributed by atoms with Crippen molar-refractivity contribution in [3.63, 3.8) is 0 Å². The molecule has 3 aromatic rings. The lowest BCUT2D eigenvalue weighted by Gasteiger charge is -2.39. The van der Waals surface area contributed by atoms with Crippen molar-refractivity contribution < 1.29 is 15.3 Å². The molecule has 1 fully saturated rings. The molecule has 0 saturated heterocycles. The number of hydrogen-bond acceptors (Lipinski definition) is 7. The summed E-state index contributed by atoms with van der Waals surface area (Å²) < 4.78 is 20.6. The molecule has 0 atom stereocenters. The third-order valence-electron chi connectivity index (χ3n) is 6.35. The zero-order chi connectivity index (χ0) is 22.2. The number of H-pyrrole nitrogens is 1. The first-order valence-corrected chi connectivity index (χ1v) is 10.7. The molecule has 5 rings (SSSR count). The number of rotatable bonds is 4. The summed E-state index contributed by atoms with van der Waals surface area (Å²) >= 11 is 0. The summed E-state index contributed by atoms with van der Waals surface area (Å²) in [6.45, 7) is 1.93. The molecule has 168 valence electrons. The monoisotopic (exact) mass is 439 g/mol. The lowest BCUT2D eigenvalue weighted by Crippen LogP contribution is -2.47. The maximum atomic E-state index is 15.1. The fourth-order valence-electron chi connectivity index (χ4n) is 4.57. The minimum Gasteiger partial charge on any atom is -0.381 e. The number of fused-ring (bicyclic) bond motifs is 1. The van der Waals surface area contributed by atoms with Crippen molar-refractivity contribution in [1.29, 1.82) is 0 Å². The molecule has 3 heterocycles. The van der Waals surface area contributed by atoms with E-state index in [2.05, 4.69) is 25.5 Å². The van der Waals surface area contributed by atoms with Gasteiger partial charge < -0.3 is 15.0 Å². The van der Waals surface area contributed by atoms with E-state index in [4.69, 9.17) is 9.72 Å². The van der Waals surface area contributed by atoms with Gasteiger partial charge in [-0.2, -0.15) is 5.10 Å². The number of halogens is 1. The maximum Gasteiger partial charge on any atom is 0.245 e. The highest BCUT2D eigenvalue weighted by molar-refractivity contribution is 5.99. The normalized spacial score (nSPS) is 20.7. The van der Waals surface area contributed by atoms with E-state index in [-0.39, 0.29) is 31.8 Å².